The van der Waals surface area contributed by atoms with Crippen molar-refractivity contribution >= 4 is 0 Å². The Hall–Kier alpha value is -0.0800. The van der Waals surface area contributed by atoms with Crippen LogP contribution in [0.3, 0.4) is 0 Å². The molecule has 0 aromatic carbocycles. The lowest BCUT2D eigenvalue weighted by molar-refractivity contribution is -0.0480. The first-order chi connectivity index (χ1) is 30.3. The summed E-state index contributed by atoms with van der Waals surface area (Å²) < 4.78 is 0. The molecule has 11 saturated carbocycles. The summed E-state index contributed by atoms with van der Waals surface area (Å²) in [5.41, 5.74) is 1.13. The highest BCUT2D eigenvalue weighted by Crippen LogP contribution is 2.65. The van der Waals surface area contributed by atoms with Crippen molar-refractivity contribution in [1.29, 1.82) is 0 Å². The van der Waals surface area contributed by atoms with Gasteiger partial charge in [-0.1, -0.05) is 118 Å². The van der Waals surface area contributed by atoms with Gasteiger partial charge >= 0.3 is 0 Å². The Morgan fingerprint density at radius 2 is 0.516 bits per heavy atom. The summed E-state index contributed by atoms with van der Waals surface area (Å²) in [4.78, 5) is 6.85. The molecule has 0 heterocycles. The van der Waals surface area contributed by atoms with E-state index in [0.717, 1.165) is 107 Å². The zero-order valence-electron chi connectivity index (χ0n) is 41.7. The standard InChI is InChI=1S/C60H102N2/c1-59(2)55-21-13-11-19-51(55)53-37-35-49(39-57(53)59)61(45-27-23-43(24-28-45)41-15-7-5-8-16-41)47-31-33-48(34-32-47)62(46-29-25-44(26-30-46)42-17-9-6-10-18-42)50-36-38-54-52-20-12-14-22-56(52)60(3,4)58(54)40-50/h41-58H,5-40H2,1-4H3. The molecule has 2 heteroatoms. The van der Waals surface area contributed by atoms with Gasteiger partial charge in [0.05, 0.1) is 0 Å². The summed E-state index contributed by atoms with van der Waals surface area (Å²) in [5.74, 6) is 12.5. The molecule has 0 amide bonds. The van der Waals surface area contributed by atoms with Gasteiger partial charge in [0.15, 0.2) is 0 Å². The minimum absolute atomic E-state index is 0.567. The zero-order valence-corrected chi connectivity index (χ0v) is 41.7. The van der Waals surface area contributed by atoms with Crippen molar-refractivity contribution < 1.29 is 0 Å². The maximum Gasteiger partial charge on any atom is 0.0104 e. The molecular weight excluding hydrogens is 749 g/mol. The zero-order chi connectivity index (χ0) is 42.0. The predicted molar refractivity (Wildman–Crippen MR) is 262 cm³/mol. The first kappa shape index (κ1) is 44.4. The highest BCUT2D eigenvalue weighted by atomic mass is 15.2. The molecule has 0 spiro atoms. The van der Waals surface area contributed by atoms with Crippen LogP contribution in [0.25, 0.3) is 0 Å². The molecule has 0 aliphatic heterocycles. The van der Waals surface area contributed by atoms with E-state index in [2.05, 4.69) is 37.5 Å². The van der Waals surface area contributed by atoms with E-state index < -0.39 is 0 Å². The lowest BCUT2D eigenvalue weighted by atomic mass is 9.66. The number of fused-ring (bicyclic) bond motifs is 6. The Morgan fingerprint density at radius 1 is 0.242 bits per heavy atom. The molecule has 0 bridgehead atoms. The van der Waals surface area contributed by atoms with E-state index in [4.69, 9.17) is 0 Å². The lowest BCUT2D eigenvalue weighted by Crippen LogP contribution is -2.58. The fourth-order valence-corrected chi connectivity index (χ4v) is 21.8. The maximum atomic E-state index is 3.43. The van der Waals surface area contributed by atoms with Crippen LogP contribution < -0.4 is 0 Å². The molecule has 10 atom stereocenters. The molecule has 0 saturated heterocycles. The molecule has 352 valence electrons. The molecule has 11 aliphatic rings. The maximum absolute atomic E-state index is 3.43. The average Bonchev–Trinajstić information content (AvgIpc) is 3.69. The van der Waals surface area contributed by atoms with Gasteiger partial charge < -0.3 is 0 Å². The third-order valence-electron chi connectivity index (χ3n) is 24.6. The lowest BCUT2D eigenvalue weighted by Gasteiger charge is -2.54. The van der Waals surface area contributed by atoms with Crippen molar-refractivity contribution in [2.24, 2.45) is 81.8 Å². The molecular formula is C60H102N2. The van der Waals surface area contributed by atoms with Gasteiger partial charge in [0.2, 0.25) is 0 Å². The number of hydrogen-bond donors (Lipinski definition) is 0. The van der Waals surface area contributed by atoms with Crippen LogP contribution in [0.1, 0.15) is 259 Å². The smallest absolute Gasteiger partial charge is 0.0104 e. The third-order valence-corrected chi connectivity index (χ3v) is 24.6. The Labute approximate surface area is 385 Å². The van der Waals surface area contributed by atoms with Crippen molar-refractivity contribution in [1.82, 2.24) is 9.80 Å². The quantitative estimate of drug-likeness (QED) is 0.240. The first-order valence-corrected chi connectivity index (χ1v) is 29.8. The number of nitrogens with zero attached hydrogens (tertiary/aromatic N) is 2. The highest BCUT2D eigenvalue weighted by Gasteiger charge is 2.59. The summed E-state index contributed by atoms with van der Waals surface area (Å²) in [6.07, 6.45) is 55.6. The molecule has 0 radical (unpaired) electrons. The largest absolute Gasteiger partial charge is 0.294 e. The molecule has 10 unspecified atom stereocenters. The van der Waals surface area contributed by atoms with E-state index in [1.54, 1.807) is 141 Å². The van der Waals surface area contributed by atoms with Crippen LogP contribution in [0.5, 0.6) is 0 Å². The second-order valence-corrected chi connectivity index (χ2v) is 27.5. The number of hydrogen-bond acceptors (Lipinski definition) is 2. The van der Waals surface area contributed by atoms with E-state index in [0.29, 0.717) is 10.8 Å². The van der Waals surface area contributed by atoms with Crippen LogP contribution in [-0.4, -0.2) is 46.1 Å². The minimum atomic E-state index is 0.567. The summed E-state index contributed by atoms with van der Waals surface area (Å²) in [6, 6.07) is 5.27. The van der Waals surface area contributed by atoms with Crippen molar-refractivity contribution in [3.63, 3.8) is 0 Å². The van der Waals surface area contributed by atoms with Crippen LogP contribution >= 0.6 is 0 Å². The van der Waals surface area contributed by atoms with Crippen LogP contribution in [-0.2, 0) is 0 Å². The second-order valence-electron chi connectivity index (χ2n) is 27.5. The van der Waals surface area contributed by atoms with Crippen LogP contribution in [0.2, 0.25) is 0 Å². The monoisotopic (exact) mass is 851 g/mol. The average molecular weight is 851 g/mol. The van der Waals surface area contributed by atoms with Gasteiger partial charge in [-0.15, -0.1) is 0 Å². The van der Waals surface area contributed by atoms with Crippen molar-refractivity contribution in [2.45, 2.75) is 295 Å². The molecule has 0 N–H and O–H groups in total. The van der Waals surface area contributed by atoms with Crippen molar-refractivity contribution in [2.75, 3.05) is 0 Å². The molecule has 2 nitrogen and oxygen atoms in total. The minimum Gasteiger partial charge on any atom is -0.294 e. The second kappa shape index (κ2) is 18.8. The van der Waals surface area contributed by atoms with Crippen LogP contribution in [0.4, 0.5) is 0 Å². The van der Waals surface area contributed by atoms with Crippen LogP contribution in [0, 0.1) is 81.8 Å². The van der Waals surface area contributed by atoms with E-state index in [9.17, 15) is 0 Å². The SMILES string of the molecule is CC1(C)C2CCCCC2C2CCC(N(C3CCC(C4CCCCC4)CC3)C3CCC(N(C4CCC(C5CCCCC5)CC4)C4CCC5C6CCCCC6C(C)(C)C5C4)CC3)CC21. The molecule has 0 aromatic rings. The van der Waals surface area contributed by atoms with Crippen molar-refractivity contribution in [3.05, 3.63) is 0 Å². The van der Waals surface area contributed by atoms with Gasteiger partial charge in [-0.25, -0.2) is 0 Å². The van der Waals surface area contributed by atoms with E-state index in [1.807, 2.05) is 0 Å². The third kappa shape index (κ3) is 8.34. The van der Waals surface area contributed by atoms with Gasteiger partial charge in [0, 0.05) is 36.3 Å². The molecule has 62 heavy (non-hydrogen) atoms. The number of rotatable bonds is 8. The Bertz CT molecular complexity index is 1320. The summed E-state index contributed by atoms with van der Waals surface area (Å²) in [6.45, 7) is 11.1. The van der Waals surface area contributed by atoms with Gasteiger partial charge in [-0.3, -0.25) is 9.80 Å². The Morgan fingerprint density at radius 3 is 0.887 bits per heavy atom. The fraction of sp³-hybridized carbons (Fsp3) is 1.00. The summed E-state index contributed by atoms with van der Waals surface area (Å²) >= 11 is 0. The topological polar surface area (TPSA) is 6.48 Å². The van der Waals surface area contributed by atoms with Crippen molar-refractivity contribution in [3.8, 4) is 0 Å². The van der Waals surface area contributed by atoms with E-state index in [1.165, 1.54) is 89.9 Å². The van der Waals surface area contributed by atoms with E-state index >= 15 is 0 Å². The summed E-state index contributed by atoms with van der Waals surface area (Å²) in [7, 11) is 0. The molecule has 11 fully saturated rings. The molecule has 11 aliphatic carbocycles. The first-order valence-electron chi connectivity index (χ1n) is 29.8. The van der Waals surface area contributed by atoms with E-state index in [-0.39, 0.29) is 0 Å². The fourth-order valence-electron chi connectivity index (χ4n) is 21.8. The van der Waals surface area contributed by atoms with Gasteiger partial charge in [-0.2, -0.15) is 0 Å². The highest BCUT2D eigenvalue weighted by molar-refractivity contribution is 5.10. The van der Waals surface area contributed by atoms with Crippen LogP contribution in [0.15, 0.2) is 0 Å². The molecule has 0 aromatic heterocycles. The Kier molecular flexibility index (Phi) is 13.5. The summed E-state index contributed by atoms with van der Waals surface area (Å²) in [5, 5.41) is 0. The molecule has 11 rings (SSSR count). The van der Waals surface area contributed by atoms with Gasteiger partial charge in [0.25, 0.3) is 0 Å². The normalized spacial score (nSPS) is 47.7. The van der Waals surface area contributed by atoms with Gasteiger partial charge in [-0.05, 0) is 223 Å². The predicted octanol–water partition coefficient (Wildman–Crippen LogP) is 16.4. The van der Waals surface area contributed by atoms with Gasteiger partial charge in [0.1, 0.15) is 0 Å². The Balaban J connectivity index is 0.819.